The largest absolute Gasteiger partial charge is 0.340 e. The van der Waals surface area contributed by atoms with Crippen molar-refractivity contribution in [3.05, 3.63) is 30.1 Å². The molecule has 26 heavy (non-hydrogen) atoms. The van der Waals surface area contributed by atoms with E-state index in [0.29, 0.717) is 5.92 Å². The van der Waals surface area contributed by atoms with Crippen molar-refractivity contribution < 1.29 is 4.79 Å². The van der Waals surface area contributed by atoms with E-state index in [4.69, 9.17) is 0 Å². The third-order valence-electron chi connectivity index (χ3n) is 4.33. The van der Waals surface area contributed by atoms with Gasteiger partial charge in [0.25, 0.3) is 0 Å². The summed E-state index contributed by atoms with van der Waals surface area (Å²) < 4.78 is 0. The lowest BCUT2D eigenvalue weighted by atomic mass is 10.0. The molecule has 0 spiro atoms. The predicted molar refractivity (Wildman–Crippen MR) is 107 cm³/mol. The van der Waals surface area contributed by atoms with Crippen LogP contribution in [0.3, 0.4) is 0 Å². The van der Waals surface area contributed by atoms with Crippen LogP contribution >= 0.6 is 0 Å². The standard InChI is InChI=1S/C20H33N5O/c1-13(2)11-15(12-25(5)6)21-20(26)24-18(14(3)4)19-22-16-9-7-8-10-17(16)23-19/h7-10,13-15,18H,11-12H2,1-6H3,(H,22,23)(H2,21,24,26). The van der Waals surface area contributed by atoms with Crippen molar-refractivity contribution in [2.75, 3.05) is 20.6 Å². The number of likely N-dealkylation sites (N-methyl/N-ethyl adjacent to an activating group) is 1. The molecular weight excluding hydrogens is 326 g/mol. The number of amides is 2. The van der Waals surface area contributed by atoms with Gasteiger partial charge in [-0.05, 0) is 44.5 Å². The minimum absolute atomic E-state index is 0.119. The molecule has 2 amide bonds. The van der Waals surface area contributed by atoms with Crippen molar-refractivity contribution in [3.8, 4) is 0 Å². The van der Waals surface area contributed by atoms with Gasteiger partial charge in [0.2, 0.25) is 0 Å². The second kappa shape index (κ2) is 9.03. The molecule has 0 saturated heterocycles. The zero-order chi connectivity index (χ0) is 19.3. The molecule has 1 heterocycles. The van der Waals surface area contributed by atoms with E-state index in [9.17, 15) is 4.79 Å². The molecule has 1 aromatic heterocycles. The van der Waals surface area contributed by atoms with Gasteiger partial charge >= 0.3 is 6.03 Å². The number of imidazole rings is 1. The maximum Gasteiger partial charge on any atom is 0.315 e. The Hall–Kier alpha value is -2.08. The van der Waals surface area contributed by atoms with Gasteiger partial charge in [0, 0.05) is 12.6 Å². The van der Waals surface area contributed by atoms with Gasteiger partial charge in [-0.2, -0.15) is 0 Å². The summed E-state index contributed by atoms with van der Waals surface area (Å²) in [5, 5.41) is 6.24. The van der Waals surface area contributed by atoms with Crippen LogP contribution in [0.25, 0.3) is 11.0 Å². The summed E-state index contributed by atoms with van der Waals surface area (Å²) >= 11 is 0. The van der Waals surface area contributed by atoms with Gasteiger partial charge in [0.05, 0.1) is 17.1 Å². The molecule has 0 aliphatic carbocycles. The van der Waals surface area contributed by atoms with Crippen LogP contribution < -0.4 is 10.6 Å². The first-order valence-corrected chi connectivity index (χ1v) is 9.42. The number of aromatic amines is 1. The number of nitrogens with zero attached hydrogens (tertiary/aromatic N) is 2. The Labute approximate surface area is 156 Å². The molecule has 2 aromatic rings. The third kappa shape index (κ3) is 5.73. The average molecular weight is 360 g/mol. The van der Waals surface area contributed by atoms with Gasteiger partial charge in [-0.15, -0.1) is 0 Å². The molecule has 2 rings (SSSR count). The van der Waals surface area contributed by atoms with E-state index >= 15 is 0 Å². The van der Waals surface area contributed by atoms with Crippen molar-refractivity contribution in [1.29, 1.82) is 0 Å². The van der Waals surface area contributed by atoms with E-state index in [1.165, 1.54) is 0 Å². The van der Waals surface area contributed by atoms with E-state index in [1.807, 2.05) is 38.4 Å². The lowest BCUT2D eigenvalue weighted by Gasteiger charge is -2.26. The van der Waals surface area contributed by atoms with Crippen LogP contribution in [0, 0.1) is 11.8 Å². The number of benzene rings is 1. The van der Waals surface area contributed by atoms with Crippen LogP contribution in [-0.2, 0) is 0 Å². The number of hydrogen-bond acceptors (Lipinski definition) is 3. The van der Waals surface area contributed by atoms with Crippen LogP contribution in [0.4, 0.5) is 4.79 Å². The van der Waals surface area contributed by atoms with Crippen molar-refractivity contribution >= 4 is 17.1 Å². The Morgan fingerprint density at radius 1 is 1.15 bits per heavy atom. The van der Waals surface area contributed by atoms with Gasteiger partial charge < -0.3 is 20.5 Å². The minimum atomic E-state index is -0.165. The molecule has 2 unspecified atom stereocenters. The van der Waals surface area contributed by atoms with Crippen molar-refractivity contribution in [2.24, 2.45) is 11.8 Å². The Balaban J connectivity index is 2.09. The molecule has 0 aliphatic heterocycles. The summed E-state index contributed by atoms with van der Waals surface area (Å²) in [5.74, 6) is 1.54. The van der Waals surface area contributed by atoms with Crippen LogP contribution in [0.5, 0.6) is 0 Å². The Bertz CT molecular complexity index is 664. The van der Waals surface area contributed by atoms with E-state index in [-0.39, 0.29) is 24.0 Å². The molecule has 144 valence electrons. The zero-order valence-corrected chi connectivity index (χ0v) is 16.8. The monoisotopic (exact) mass is 359 g/mol. The lowest BCUT2D eigenvalue weighted by Crippen LogP contribution is -2.48. The molecule has 2 atom stereocenters. The second-order valence-electron chi connectivity index (χ2n) is 8.07. The molecule has 0 aliphatic rings. The van der Waals surface area contributed by atoms with E-state index < -0.39 is 0 Å². The van der Waals surface area contributed by atoms with Crippen LogP contribution in [0.15, 0.2) is 24.3 Å². The van der Waals surface area contributed by atoms with Gasteiger partial charge in [-0.25, -0.2) is 9.78 Å². The zero-order valence-electron chi connectivity index (χ0n) is 16.8. The minimum Gasteiger partial charge on any atom is -0.340 e. The number of para-hydroxylation sites is 2. The van der Waals surface area contributed by atoms with Gasteiger partial charge in [-0.3, -0.25) is 0 Å². The summed E-state index contributed by atoms with van der Waals surface area (Å²) in [4.78, 5) is 22.7. The quantitative estimate of drug-likeness (QED) is 0.675. The Kier molecular flexibility index (Phi) is 7.03. The number of nitrogens with one attached hydrogen (secondary N) is 3. The highest BCUT2D eigenvalue weighted by molar-refractivity contribution is 5.76. The lowest BCUT2D eigenvalue weighted by molar-refractivity contribution is 0.221. The smallest absolute Gasteiger partial charge is 0.315 e. The van der Waals surface area contributed by atoms with Crippen molar-refractivity contribution in [3.63, 3.8) is 0 Å². The maximum atomic E-state index is 12.6. The van der Waals surface area contributed by atoms with Crippen LogP contribution in [-0.4, -0.2) is 47.6 Å². The first-order valence-electron chi connectivity index (χ1n) is 9.42. The van der Waals surface area contributed by atoms with Crippen molar-refractivity contribution in [2.45, 2.75) is 46.2 Å². The molecule has 0 bridgehead atoms. The van der Waals surface area contributed by atoms with Gasteiger partial charge in [0.1, 0.15) is 5.82 Å². The molecule has 0 radical (unpaired) electrons. The van der Waals surface area contributed by atoms with Crippen LogP contribution in [0.1, 0.15) is 46.0 Å². The number of carbonyl (C=O) groups is 1. The topological polar surface area (TPSA) is 73.1 Å². The number of carbonyl (C=O) groups excluding carboxylic acids is 1. The summed E-state index contributed by atoms with van der Waals surface area (Å²) in [5.41, 5.74) is 1.90. The van der Waals surface area contributed by atoms with E-state index in [2.05, 4.69) is 53.2 Å². The van der Waals surface area contributed by atoms with Gasteiger partial charge in [0.15, 0.2) is 0 Å². The molecule has 6 nitrogen and oxygen atoms in total. The molecule has 6 heteroatoms. The Morgan fingerprint density at radius 2 is 1.85 bits per heavy atom. The number of rotatable bonds is 8. The van der Waals surface area contributed by atoms with Crippen LogP contribution in [0.2, 0.25) is 0 Å². The van der Waals surface area contributed by atoms with E-state index in [1.54, 1.807) is 0 Å². The number of fused-ring (bicyclic) bond motifs is 1. The summed E-state index contributed by atoms with van der Waals surface area (Å²) in [6.45, 7) is 9.34. The fraction of sp³-hybridized carbons (Fsp3) is 0.600. The van der Waals surface area contributed by atoms with E-state index in [0.717, 1.165) is 29.8 Å². The highest BCUT2D eigenvalue weighted by Crippen LogP contribution is 2.22. The first kappa shape index (κ1) is 20.2. The summed E-state index contributed by atoms with van der Waals surface area (Å²) in [6, 6.07) is 7.73. The maximum absolute atomic E-state index is 12.6. The first-order chi connectivity index (χ1) is 12.3. The Morgan fingerprint density at radius 3 is 2.42 bits per heavy atom. The molecule has 1 aromatic carbocycles. The van der Waals surface area contributed by atoms with Gasteiger partial charge in [-0.1, -0.05) is 39.8 Å². The molecular formula is C20H33N5O. The third-order valence-corrected chi connectivity index (χ3v) is 4.33. The molecule has 0 saturated carbocycles. The molecule has 0 fully saturated rings. The fourth-order valence-electron chi connectivity index (χ4n) is 3.23. The second-order valence-corrected chi connectivity index (χ2v) is 8.07. The average Bonchev–Trinajstić information content (AvgIpc) is 2.94. The highest BCUT2D eigenvalue weighted by Gasteiger charge is 2.23. The number of hydrogen-bond donors (Lipinski definition) is 3. The number of H-pyrrole nitrogens is 1. The summed E-state index contributed by atoms with van der Waals surface area (Å²) in [7, 11) is 4.05. The fourth-order valence-corrected chi connectivity index (χ4v) is 3.23. The SMILES string of the molecule is CC(C)CC(CN(C)C)NC(=O)NC(c1nc2ccccc2[nH]1)C(C)C. The number of aromatic nitrogens is 2. The summed E-state index contributed by atoms with van der Waals surface area (Å²) in [6.07, 6.45) is 0.947. The highest BCUT2D eigenvalue weighted by atomic mass is 16.2. The number of urea groups is 1. The molecule has 3 N–H and O–H groups in total. The van der Waals surface area contributed by atoms with Crippen molar-refractivity contribution in [1.82, 2.24) is 25.5 Å². The predicted octanol–water partition coefficient (Wildman–Crippen LogP) is 3.54. The normalized spacial score (nSPS) is 14.2.